The van der Waals surface area contributed by atoms with Crippen molar-refractivity contribution in [2.45, 2.75) is 0 Å². The predicted molar refractivity (Wildman–Crippen MR) is 46.5 cm³/mol. The first-order valence-electron chi connectivity index (χ1n) is 3.23. The van der Waals surface area contributed by atoms with Gasteiger partial charge in [0.1, 0.15) is 21.2 Å². The number of nitrogens with zero attached hydrogens (tertiary/aromatic N) is 1. The zero-order chi connectivity index (χ0) is 8.20. The summed E-state index contributed by atoms with van der Waals surface area (Å²) in [6, 6.07) is 0. The van der Waals surface area contributed by atoms with Crippen LogP contribution in [0, 0.1) is 0 Å². The fourth-order valence-corrected chi connectivity index (χ4v) is 0.764. The number of hydrogen-bond acceptors (Lipinski definition) is 2. The quantitative estimate of drug-likeness (QED) is 0.477. The Morgan fingerprint density at radius 3 is 2.30 bits per heavy atom. The van der Waals surface area contributed by atoms with Crippen LogP contribution in [0.1, 0.15) is 0 Å². The van der Waals surface area contributed by atoms with E-state index in [0.29, 0.717) is 6.61 Å². The lowest BCUT2D eigenvalue weighted by Crippen LogP contribution is -2.37. The summed E-state index contributed by atoms with van der Waals surface area (Å²) in [5.74, 6) is 0. The molecule has 0 spiro atoms. The lowest BCUT2D eigenvalue weighted by atomic mass is 10.5. The highest BCUT2D eigenvalue weighted by Crippen LogP contribution is 2.12. The van der Waals surface area contributed by atoms with Crippen molar-refractivity contribution < 1.29 is 13.9 Å². The molecule has 0 aromatic carbocycles. The lowest BCUT2D eigenvalue weighted by Gasteiger charge is -2.23. The molecule has 0 aliphatic rings. The third kappa shape index (κ3) is 8.18. The van der Waals surface area contributed by atoms with E-state index in [9.17, 15) is 0 Å². The van der Waals surface area contributed by atoms with E-state index >= 15 is 0 Å². The van der Waals surface area contributed by atoms with Gasteiger partial charge in [-0.2, -0.15) is 0 Å². The first-order chi connectivity index (χ1) is 4.42. The van der Waals surface area contributed by atoms with Gasteiger partial charge in [-0.3, -0.25) is 0 Å². The maximum absolute atomic E-state index is 8.71. The number of likely N-dealkylation sites (N-methyl/N-ethyl adjacent to an activating group) is 1. The second kappa shape index (κ2) is 4.14. The van der Waals surface area contributed by atoms with Gasteiger partial charge in [0.25, 0.3) is 0 Å². The lowest BCUT2D eigenvalue weighted by molar-refractivity contribution is -0.870. The van der Waals surface area contributed by atoms with Gasteiger partial charge in [-0.1, -0.05) is 6.30 Å². The molecule has 0 saturated carbocycles. The minimum atomic E-state index is -1.72. The van der Waals surface area contributed by atoms with E-state index in [2.05, 4.69) is 27.4 Å². The molecule has 0 fully saturated rings. The predicted octanol–water partition coefficient (Wildman–Crippen LogP) is 0.178. The molecule has 0 aliphatic carbocycles. The monoisotopic (exact) mass is 166 g/mol. The van der Waals surface area contributed by atoms with E-state index in [-0.39, 0.29) is 0 Å². The van der Waals surface area contributed by atoms with Crippen LogP contribution in [-0.4, -0.2) is 50.0 Å². The van der Waals surface area contributed by atoms with Crippen molar-refractivity contribution in [1.29, 1.82) is 0 Å². The Morgan fingerprint density at radius 2 is 2.00 bits per heavy atom. The molecule has 0 saturated heterocycles. The zero-order valence-electron chi connectivity index (χ0n) is 6.92. The van der Waals surface area contributed by atoms with Crippen LogP contribution in [-0.2, 0) is 4.52 Å². The van der Waals surface area contributed by atoms with Gasteiger partial charge in [-0.05, 0) is 0 Å². The van der Waals surface area contributed by atoms with Gasteiger partial charge >= 0.3 is 0 Å². The highest BCUT2D eigenvalue weighted by molar-refractivity contribution is 7.44. The van der Waals surface area contributed by atoms with Crippen molar-refractivity contribution >= 4 is 14.3 Å². The van der Waals surface area contributed by atoms with Crippen molar-refractivity contribution in [3.63, 3.8) is 0 Å². The van der Waals surface area contributed by atoms with Gasteiger partial charge in [0.05, 0.1) is 21.1 Å². The first kappa shape index (κ1) is 10.2. The zero-order valence-corrected chi connectivity index (χ0v) is 7.92. The molecule has 0 aliphatic heterocycles. The van der Waals surface area contributed by atoms with Crippen LogP contribution < -0.4 is 0 Å². The summed E-state index contributed by atoms with van der Waals surface area (Å²) in [6.07, 6.45) is 3.39. The second-order valence-electron chi connectivity index (χ2n) is 3.26. The molecule has 4 heteroatoms. The maximum atomic E-state index is 8.71. The molecule has 0 aromatic heterocycles. The van der Waals surface area contributed by atoms with Gasteiger partial charge in [0, 0.05) is 0 Å². The summed E-state index contributed by atoms with van der Waals surface area (Å²) >= 11 is 0. The molecule has 0 rings (SSSR count). The molecule has 1 atom stereocenters. The third-order valence-electron chi connectivity index (χ3n) is 1.03. The van der Waals surface area contributed by atoms with Crippen molar-refractivity contribution in [3.8, 4) is 0 Å². The summed E-state index contributed by atoms with van der Waals surface area (Å²) in [5, 5.41) is 0. The van der Waals surface area contributed by atoms with E-state index in [1.807, 2.05) is 0 Å². The van der Waals surface area contributed by atoms with Crippen molar-refractivity contribution in [3.05, 3.63) is 0 Å². The average Bonchev–Trinajstić information content (AvgIpc) is 1.59. The van der Waals surface area contributed by atoms with Crippen molar-refractivity contribution in [2.24, 2.45) is 0 Å². The Balaban J connectivity index is 3.29. The first-order valence-corrected chi connectivity index (χ1v) is 4.79. The Kier molecular flexibility index (Phi) is 4.22. The molecule has 0 bridgehead atoms. The van der Waals surface area contributed by atoms with Crippen LogP contribution in [0.25, 0.3) is 0 Å². The van der Waals surface area contributed by atoms with E-state index in [4.69, 9.17) is 9.42 Å². The molecule has 1 N–H and O–H groups in total. The van der Waals surface area contributed by atoms with Crippen LogP contribution in [0.5, 0.6) is 0 Å². The Hall–Kier alpha value is 0.180. The van der Waals surface area contributed by atoms with Gasteiger partial charge in [-0.25, -0.2) is 0 Å². The number of rotatable bonds is 4. The molecule has 0 heterocycles. The number of hydrogen-bond donors (Lipinski definition) is 1. The smallest absolute Gasteiger partial charge is 0.102 e. The summed E-state index contributed by atoms with van der Waals surface area (Å²) in [4.78, 5) is 8.71. The van der Waals surface area contributed by atoms with Gasteiger partial charge in [0.15, 0.2) is 0 Å². The van der Waals surface area contributed by atoms with Gasteiger partial charge < -0.3 is 13.9 Å². The van der Waals surface area contributed by atoms with Crippen molar-refractivity contribution in [1.82, 2.24) is 0 Å². The van der Waals surface area contributed by atoms with Crippen LogP contribution in [0.3, 0.4) is 0 Å². The molecule has 3 nitrogen and oxygen atoms in total. The Bertz CT molecular complexity index is 119. The largest absolute Gasteiger partial charge is 0.355 e. The fourth-order valence-electron chi connectivity index (χ4n) is 0.437. The van der Waals surface area contributed by atoms with Crippen LogP contribution in [0.2, 0.25) is 0 Å². The molecule has 0 amide bonds. The summed E-state index contributed by atoms with van der Waals surface area (Å²) in [5.41, 5.74) is 0. The van der Waals surface area contributed by atoms with Crippen LogP contribution in [0.15, 0.2) is 0 Å². The second-order valence-corrected chi connectivity index (χ2v) is 4.33. The molecular weight excluding hydrogens is 149 g/mol. The van der Waals surface area contributed by atoms with Gasteiger partial charge in [-0.15, -0.1) is 0 Å². The Morgan fingerprint density at radius 1 is 1.50 bits per heavy atom. The standard InChI is InChI=1S/C6H17NO2P/c1-7(2,3)5-6-9-10(4)8/h8,10H,4-6H2,1-3H3/q+1. The summed E-state index contributed by atoms with van der Waals surface area (Å²) < 4.78 is 5.80. The summed E-state index contributed by atoms with van der Waals surface area (Å²) in [7, 11) is 4.52. The van der Waals surface area contributed by atoms with E-state index in [0.717, 1.165) is 11.0 Å². The maximum Gasteiger partial charge on any atom is 0.102 e. The fraction of sp³-hybridized carbons (Fsp3) is 0.833. The molecule has 0 aromatic rings. The van der Waals surface area contributed by atoms with Crippen molar-refractivity contribution in [2.75, 3.05) is 34.3 Å². The summed E-state index contributed by atoms with van der Waals surface area (Å²) in [6.45, 7) is 1.50. The highest BCUT2D eigenvalue weighted by Gasteiger charge is 2.05. The minimum absolute atomic E-state index is 0.595. The van der Waals surface area contributed by atoms with E-state index < -0.39 is 8.00 Å². The van der Waals surface area contributed by atoms with Crippen LogP contribution >= 0.6 is 8.00 Å². The van der Waals surface area contributed by atoms with E-state index in [1.54, 1.807) is 0 Å². The highest BCUT2D eigenvalue weighted by atomic mass is 31.1. The molecule has 10 heavy (non-hydrogen) atoms. The molecule has 1 unspecified atom stereocenters. The van der Waals surface area contributed by atoms with Gasteiger partial charge in [0.2, 0.25) is 0 Å². The number of quaternary nitrogens is 1. The van der Waals surface area contributed by atoms with Crippen LogP contribution in [0.4, 0.5) is 0 Å². The Labute approximate surface area is 63.4 Å². The molecule has 0 radical (unpaired) electrons. The minimum Gasteiger partial charge on any atom is -0.355 e. The normalized spacial score (nSPS) is 15.2. The van der Waals surface area contributed by atoms with E-state index in [1.165, 1.54) is 0 Å². The molecule has 62 valence electrons. The topological polar surface area (TPSA) is 29.5 Å². The SMILES string of the molecule is C=[PH](O)OCC[N+](C)(C)C. The average molecular weight is 166 g/mol. The molecular formula is C6H17NO2P+. The third-order valence-corrected chi connectivity index (χ3v) is 1.57.